The smallest absolute Gasteiger partial charge is 0.234 e. The summed E-state index contributed by atoms with van der Waals surface area (Å²) in [4.78, 5) is 22.1. The van der Waals surface area contributed by atoms with Gasteiger partial charge in [0.2, 0.25) is 5.91 Å². The molecule has 30 heavy (non-hydrogen) atoms. The molecule has 1 saturated heterocycles. The maximum Gasteiger partial charge on any atom is 0.234 e. The summed E-state index contributed by atoms with van der Waals surface area (Å²) in [5.74, 6) is 0.113. The van der Waals surface area contributed by atoms with E-state index in [1.165, 1.54) is 20.8 Å². The van der Waals surface area contributed by atoms with Crippen LogP contribution in [0.3, 0.4) is 0 Å². The fraction of sp³-hybridized carbons (Fsp3) is 0.417. The van der Waals surface area contributed by atoms with E-state index in [4.69, 9.17) is 4.98 Å². The highest BCUT2D eigenvalue weighted by Crippen LogP contribution is 2.23. The number of aromatic nitrogens is 1. The minimum atomic E-state index is 0.0819. The number of rotatable bonds is 7. The van der Waals surface area contributed by atoms with Gasteiger partial charge in [0.15, 0.2) is 0 Å². The first-order valence-corrected chi connectivity index (χ1v) is 11.6. The molecule has 0 spiro atoms. The van der Waals surface area contributed by atoms with Crippen LogP contribution in [0, 0.1) is 6.92 Å². The van der Waals surface area contributed by atoms with Gasteiger partial charge in [0.1, 0.15) is 5.01 Å². The second-order valence-electron chi connectivity index (χ2n) is 8.07. The van der Waals surface area contributed by atoms with Crippen LogP contribution in [-0.2, 0) is 11.3 Å². The molecule has 4 rings (SSSR count). The standard InChI is InChI=1S/C24H30N4OS/c1-3-20(19-10-8-18(2)9-11-19)25-23(29)16-27-12-14-28(15-13-27)17-24-26-21-6-4-5-7-22(21)30-24/h4-11,20H,3,12-17H2,1-2H3,(H,25,29)/t20-/m1/s1. The maximum absolute atomic E-state index is 12.6. The zero-order valence-electron chi connectivity index (χ0n) is 17.8. The van der Waals surface area contributed by atoms with Gasteiger partial charge in [-0.3, -0.25) is 14.6 Å². The third kappa shape index (κ3) is 5.25. The van der Waals surface area contributed by atoms with Crippen LogP contribution < -0.4 is 5.32 Å². The maximum atomic E-state index is 12.6. The van der Waals surface area contributed by atoms with E-state index < -0.39 is 0 Å². The lowest BCUT2D eigenvalue weighted by atomic mass is 10.0. The Morgan fingerprint density at radius 1 is 1.07 bits per heavy atom. The predicted octanol–water partition coefficient (Wildman–Crippen LogP) is 3.99. The van der Waals surface area contributed by atoms with Gasteiger partial charge < -0.3 is 5.32 Å². The summed E-state index contributed by atoms with van der Waals surface area (Å²) in [5.41, 5.74) is 3.51. The lowest BCUT2D eigenvalue weighted by molar-refractivity contribution is -0.123. The molecule has 0 bridgehead atoms. The van der Waals surface area contributed by atoms with Crippen molar-refractivity contribution in [1.29, 1.82) is 0 Å². The molecular formula is C24H30N4OS. The summed E-state index contributed by atoms with van der Waals surface area (Å²) in [5, 5.41) is 4.39. The number of benzene rings is 2. The molecule has 158 valence electrons. The second kappa shape index (κ2) is 9.69. The molecule has 1 aromatic heterocycles. The molecule has 1 N–H and O–H groups in total. The van der Waals surface area contributed by atoms with Crippen molar-refractivity contribution in [3.63, 3.8) is 0 Å². The summed E-state index contributed by atoms with van der Waals surface area (Å²) in [6.07, 6.45) is 0.894. The molecule has 1 aliphatic rings. The van der Waals surface area contributed by atoms with Crippen LogP contribution in [0.15, 0.2) is 48.5 Å². The minimum Gasteiger partial charge on any atom is -0.348 e. The molecule has 1 aliphatic heterocycles. The minimum absolute atomic E-state index is 0.0819. The Morgan fingerprint density at radius 2 is 1.77 bits per heavy atom. The first kappa shape index (κ1) is 21.0. The van der Waals surface area contributed by atoms with Crippen LogP contribution in [0.2, 0.25) is 0 Å². The highest BCUT2D eigenvalue weighted by molar-refractivity contribution is 7.18. The molecule has 3 aromatic rings. The van der Waals surface area contributed by atoms with Crippen molar-refractivity contribution in [2.75, 3.05) is 32.7 Å². The van der Waals surface area contributed by atoms with Crippen molar-refractivity contribution in [2.45, 2.75) is 32.9 Å². The topological polar surface area (TPSA) is 48.5 Å². The van der Waals surface area contributed by atoms with Crippen LogP contribution in [0.25, 0.3) is 10.2 Å². The zero-order valence-corrected chi connectivity index (χ0v) is 18.6. The Bertz CT molecular complexity index is 943. The summed E-state index contributed by atoms with van der Waals surface area (Å²) >= 11 is 1.78. The Kier molecular flexibility index (Phi) is 6.77. The summed E-state index contributed by atoms with van der Waals surface area (Å²) in [6.45, 7) is 9.34. The van der Waals surface area contributed by atoms with Crippen molar-refractivity contribution in [3.05, 3.63) is 64.7 Å². The van der Waals surface area contributed by atoms with Crippen LogP contribution in [0.1, 0.15) is 35.5 Å². The Labute approximate surface area is 182 Å². The number of nitrogens with zero attached hydrogens (tertiary/aromatic N) is 3. The number of carbonyl (C=O) groups excluding carboxylic acids is 1. The highest BCUT2D eigenvalue weighted by Gasteiger charge is 2.21. The van der Waals surface area contributed by atoms with Gasteiger partial charge in [-0.15, -0.1) is 11.3 Å². The third-order valence-electron chi connectivity index (χ3n) is 5.75. The SMILES string of the molecule is CC[C@@H](NC(=O)CN1CCN(Cc2nc3ccccc3s2)CC1)c1ccc(C)cc1. The van der Waals surface area contributed by atoms with Crippen molar-refractivity contribution < 1.29 is 4.79 Å². The fourth-order valence-electron chi connectivity index (χ4n) is 3.95. The van der Waals surface area contributed by atoms with Gasteiger partial charge in [-0.2, -0.15) is 0 Å². The predicted molar refractivity (Wildman–Crippen MR) is 124 cm³/mol. The number of hydrogen-bond donors (Lipinski definition) is 1. The van der Waals surface area contributed by atoms with Gasteiger partial charge in [-0.25, -0.2) is 4.98 Å². The largest absolute Gasteiger partial charge is 0.348 e. The molecule has 2 aromatic carbocycles. The number of nitrogens with one attached hydrogen (secondary N) is 1. The Hall–Kier alpha value is -2.28. The average molecular weight is 423 g/mol. The first-order chi connectivity index (χ1) is 14.6. The summed E-state index contributed by atoms with van der Waals surface area (Å²) < 4.78 is 1.25. The van der Waals surface area contributed by atoms with E-state index in [-0.39, 0.29) is 11.9 Å². The number of carbonyl (C=O) groups is 1. The van der Waals surface area contributed by atoms with Gasteiger partial charge in [0, 0.05) is 26.2 Å². The quantitative estimate of drug-likeness (QED) is 0.625. The van der Waals surface area contributed by atoms with E-state index in [0.29, 0.717) is 6.54 Å². The zero-order chi connectivity index (χ0) is 20.9. The lowest BCUT2D eigenvalue weighted by Crippen LogP contribution is -2.49. The molecular weight excluding hydrogens is 392 g/mol. The molecule has 6 heteroatoms. The normalized spacial score (nSPS) is 16.6. The number of fused-ring (bicyclic) bond motifs is 1. The number of aryl methyl sites for hydroxylation is 1. The molecule has 0 saturated carbocycles. The summed E-state index contributed by atoms with van der Waals surface area (Å²) in [6, 6.07) is 16.8. The van der Waals surface area contributed by atoms with E-state index in [0.717, 1.165) is 44.7 Å². The van der Waals surface area contributed by atoms with Gasteiger partial charge in [-0.1, -0.05) is 48.9 Å². The van der Waals surface area contributed by atoms with Crippen molar-refractivity contribution in [1.82, 2.24) is 20.1 Å². The molecule has 0 aliphatic carbocycles. The number of thiazole rings is 1. The molecule has 1 fully saturated rings. The highest BCUT2D eigenvalue weighted by atomic mass is 32.1. The van der Waals surface area contributed by atoms with E-state index in [1.54, 1.807) is 11.3 Å². The fourth-order valence-corrected chi connectivity index (χ4v) is 4.96. The van der Waals surface area contributed by atoms with E-state index >= 15 is 0 Å². The number of hydrogen-bond acceptors (Lipinski definition) is 5. The van der Waals surface area contributed by atoms with Gasteiger partial charge in [-0.05, 0) is 31.0 Å². The van der Waals surface area contributed by atoms with E-state index in [9.17, 15) is 4.79 Å². The first-order valence-electron chi connectivity index (χ1n) is 10.8. The van der Waals surface area contributed by atoms with E-state index in [1.807, 2.05) is 6.07 Å². The van der Waals surface area contributed by atoms with Gasteiger partial charge in [0.25, 0.3) is 0 Å². The molecule has 5 nitrogen and oxygen atoms in total. The van der Waals surface area contributed by atoms with Crippen molar-refractivity contribution in [3.8, 4) is 0 Å². The van der Waals surface area contributed by atoms with Gasteiger partial charge in [0.05, 0.1) is 29.3 Å². The Balaban J connectivity index is 1.24. The number of piperazine rings is 1. The van der Waals surface area contributed by atoms with Crippen LogP contribution in [0.4, 0.5) is 0 Å². The van der Waals surface area contributed by atoms with Crippen LogP contribution in [-0.4, -0.2) is 53.4 Å². The van der Waals surface area contributed by atoms with Crippen molar-refractivity contribution in [2.24, 2.45) is 0 Å². The lowest BCUT2D eigenvalue weighted by Gasteiger charge is -2.34. The molecule has 0 radical (unpaired) electrons. The molecule has 0 unspecified atom stereocenters. The van der Waals surface area contributed by atoms with E-state index in [2.05, 4.69) is 71.4 Å². The number of amides is 1. The molecule has 1 atom stereocenters. The van der Waals surface area contributed by atoms with Crippen LogP contribution >= 0.6 is 11.3 Å². The molecule has 2 heterocycles. The monoisotopic (exact) mass is 422 g/mol. The average Bonchev–Trinajstić information content (AvgIpc) is 3.16. The molecule has 1 amide bonds. The van der Waals surface area contributed by atoms with Crippen molar-refractivity contribution >= 4 is 27.5 Å². The van der Waals surface area contributed by atoms with Gasteiger partial charge >= 0.3 is 0 Å². The third-order valence-corrected chi connectivity index (χ3v) is 6.77. The summed E-state index contributed by atoms with van der Waals surface area (Å²) in [7, 11) is 0. The Morgan fingerprint density at radius 3 is 2.47 bits per heavy atom. The number of para-hydroxylation sites is 1. The van der Waals surface area contributed by atoms with Crippen LogP contribution in [0.5, 0.6) is 0 Å². The second-order valence-corrected chi connectivity index (χ2v) is 9.18.